The van der Waals surface area contributed by atoms with Gasteiger partial charge in [0.15, 0.2) is 6.54 Å². The third-order valence-corrected chi connectivity index (χ3v) is 16.7. The lowest BCUT2D eigenvalue weighted by molar-refractivity contribution is -0.813. The van der Waals surface area contributed by atoms with Crippen molar-refractivity contribution in [2.75, 3.05) is 9.80 Å². The Kier molecular flexibility index (Phi) is 15.6. The molecule has 13 rings (SSSR count). The van der Waals surface area contributed by atoms with Crippen LogP contribution < -0.4 is 19.7 Å². The van der Waals surface area contributed by atoms with Crippen LogP contribution in [-0.2, 0) is 30.5 Å². The molecule has 0 amide bonds. The minimum Gasteiger partial charge on any atom is -0.311 e. The molecule has 11 nitrogen and oxygen atoms in total. The van der Waals surface area contributed by atoms with Gasteiger partial charge in [0.05, 0.1) is 13.1 Å². The van der Waals surface area contributed by atoms with E-state index in [9.17, 15) is 0 Å². The molecule has 0 radical (unpaired) electrons. The SMILES string of the molecule is CC(C)(C)C[n+]1nc2c(-c3ccc(N(c4ccccc4)c4ccccc4)cc3)c3nn(CCCCCn4nc5c(-c6ccc(C(C)(C)C)cc6)ccc(-c6ccc(C(C)(C)C)cc6)c5n4)nc3c(-c3ccc(N(c4ccccc4)c4ccccc4)cc3)c2[n-]1. The smallest absolute Gasteiger partial charge is 0.167 e. The van der Waals surface area contributed by atoms with Crippen molar-refractivity contribution < 1.29 is 4.80 Å². The van der Waals surface area contributed by atoms with Crippen LogP contribution in [0.3, 0.4) is 0 Å². The van der Waals surface area contributed by atoms with E-state index in [4.69, 9.17) is 30.6 Å². The van der Waals surface area contributed by atoms with Crippen molar-refractivity contribution in [3.8, 4) is 44.5 Å². The van der Waals surface area contributed by atoms with Crippen molar-refractivity contribution in [3.05, 3.63) is 242 Å². The summed E-state index contributed by atoms with van der Waals surface area (Å²) in [5.74, 6) is 0. The first kappa shape index (κ1) is 58.0. The first-order valence-corrected chi connectivity index (χ1v) is 31.3. The molecule has 13 aromatic rings. The summed E-state index contributed by atoms with van der Waals surface area (Å²) in [5, 5.41) is 32.2. The highest BCUT2D eigenvalue weighted by molar-refractivity contribution is 6.16. The molecule has 0 spiro atoms. The van der Waals surface area contributed by atoms with Crippen LogP contribution in [0.1, 0.15) is 92.7 Å². The number of fused-ring (bicyclic) bond motifs is 3. The first-order valence-electron chi connectivity index (χ1n) is 31.3. The summed E-state index contributed by atoms with van der Waals surface area (Å²) in [6, 6.07) is 82.0. The van der Waals surface area contributed by atoms with Gasteiger partial charge in [0, 0.05) is 72.8 Å². The van der Waals surface area contributed by atoms with Gasteiger partial charge < -0.3 is 9.80 Å². The zero-order chi connectivity index (χ0) is 61.4. The Bertz CT molecular complexity index is 4190. The fourth-order valence-electron chi connectivity index (χ4n) is 12.1. The number of unbranched alkanes of at least 4 members (excludes halogenated alkanes) is 2. The fraction of sp³-hybridized carbons (Fsp3) is 0.231. The normalized spacial score (nSPS) is 12.1. The van der Waals surface area contributed by atoms with Crippen LogP contribution in [0.4, 0.5) is 34.1 Å². The number of aryl methyl sites for hydroxylation is 2. The third kappa shape index (κ3) is 12.2. The standard InChI is InChI=1S/C78H77N11/c1-76(2,3)53-87-83-74-68(56-37-45-64(46-38-56)88(60-25-15-10-16-26-60)61-27-17-11-18-28-61)72-73(69(75(74)84-87)57-39-47-65(48-40-57)89(62-29-19-12-20-30-62)63-31-21-13-22-32-63)82-86(81-72)52-24-14-23-51-85-79-70-66(54-33-41-58(42-34-54)77(4,5)6)49-50-67(71(70)80-85)55-35-43-59(44-36-55)78(7,8)9/h10-13,15-22,25-50H,14,23-24,51-53H2,1-9H3. The van der Waals surface area contributed by atoms with Gasteiger partial charge in [0.25, 0.3) is 0 Å². The van der Waals surface area contributed by atoms with E-state index in [1.54, 1.807) is 0 Å². The van der Waals surface area contributed by atoms with Gasteiger partial charge in [-0.3, -0.25) is 0 Å². The van der Waals surface area contributed by atoms with Gasteiger partial charge in [-0.15, -0.1) is 0 Å². The van der Waals surface area contributed by atoms with Crippen molar-refractivity contribution >= 4 is 67.2 Å². The van der Waals surface area contributed by atoms with Gasteiger partial charge in [0.1, 0.15) is 22.1 Å². The lowest BCUT2D eigenvalue weighted by Gasteiger charge is -2.25. The molecule has 0 saturated heterocycles. The molecule has 0 saturated carbocycles. The molecule has 0 aliphatic rings. The molecule has 89 heavy (non-hydrogen) atoms. The molecule has 444 valence electrons. The lowest BCUT2D eigenvalue weighted by atomic mass is 9.85. The highest BCUT2D eigenvalue weighted by atomic mass is 15.5. The van der Waals surface area contributed by atoms with Crippen LogP contribution in [0, 0.1) is 5.41 Å². The molecule has 0 bridgehead atoms. The number of nitrogens with zero attached hydrogens (tertiary/aromatic N) is 11. The van der Waals surface area contributed by atoms with Crippen molar-refractivity contribution in [1.82, 2.24) is 40.2 Å². The van der Waals surface area contributed by atoms with Crippen LogP contribution >= 0.6 is 0 Å². The highest BCUT2D eigenvalue weighted by Gasteiger charge is 2.27. The maximum absolute atomic E-state index is 5.47. The fourth-order valence-corrected chi connectivity index (χ4v) is 12.1. The van der Waals surface area contributed by atoms with Gasteiger partial charge in [0.2, 0.25) is 0 Å². The van der Waals surface area contributed by atoms with Gasteiger partial charge >= 0.3 is 0 Å². The first-order chi connectivity index (χ1) is 43.0. The van der Waals surface area contributed by atoms with Crippen molar-refractivity contribution in [2.45, 2.75) is 112 Å². The van der Waals surface area contributed by atoms with Gasteiger partial charge in [-0.25, -0.2) is 0 Å². The number of rotatable bonds is 17. The molecule has 10 aromatic carbocycles. The van der Waals surface area contributed by atoms with E-state index in [1.807, 2.05) is 14.4 Å². The topological polar surface area (TPSA) is 98.8 Å². The van der Waals surface area contributed by atoms with Gasteiger partial charge in [-0.05, 0) is 136 Å². The third-order valence-electron chi connectivity index (χ3n) is 16.7. The number of hydrogen-bond acceptors (Lipinski definition) is 7. The molecular weight excluding hydrogens is 1090 g/mol. The highest BCUT2D eigenvalue weighted by Crippen LogP contribution is 2.44. The Morgan fingerprint density at radius 3 is 1.06 bits per heavy atom. The summed E-state index contributed by atoms with van der Waals surface area (Å²) >= 11 is 0. The molecular formula is C78H77N11. The zero-order valence-electron chi connectivity index (χ0n) is 52.6. The second-order valence-electron chi connectivity index (χ2n) is 26.7. The van der Waals surface area contributed by atoms with E-state index in [0.29, 0.717) is 19.6 Å². The number of benzene rings is 10. The summed E-state index contributed by atoms with van der Waals surface area (Å²) < 4.78 is 0. The average molecular weight is 1170 g/mol. The van der Waals surface area contributed by atoms with Crippen LogP contribution in [-0.4, -0.2) is 35.1 Å². The average Bonchev–Trinajstić information content (AvgIpc) is 1.85. The Balaban J connectivity index is 0.862. The Labute approximate surface area is 522 Å². The van der Waals surface area contributed by atoms with Crippen LogP contribution in [0.5, 0.6) is 0 Å². The minimum atomic E-state index is -0.0890. The Morgan fingerprint density at radius 2 is 0.685 bits per heavy atom. The number of aromatic nitrogens is 9. The summed E-state index contributed by atoms with van der Waals surface area (Å²) in [6.45, 7) is 22.1. The van der Waals surface area contributed by atoms with Crippen LogP contribution in [0.25, 0.3) is 77.6 Å². The quantitative estimate of drug-likeness (QED) is 0.0657. The molecule has 3 aromatic heterocycles. The number of hydrogen-bond donors (Lipinski definition) is 0. The molecule has 0 aliphatic carbocycles. The molecule has 0 unspecified atom stereocenters. The Hall–Kier alpha value is -10.0. The summed E-state index contributed by atoms with van der Waals surface area (Å²) in [4.78, 5) is 10.3. The van der Waals surface area contributed by atoms with Crippen molar-refractivity contribution in [1.29, 1.82) is 0 Å². The van der Waals surface area contributed by atoms with E-state index in [1.165, 1.54) is 11.1 Å². The summed E-state index contributed by atoms with van der Waals surface area (Å²) in [5.41, 5.74) is 22.2. The zero-order valence-corrected chi connectivity index (χ0v) is 52.6. The molecule has 3 heterocycles. The monoisotopic (exact) mass is 1170 g/mol. The molecule has 0 aliphatic heterocycles. The van der Waals surface area contributed by atoms with Crippen LogP contribution in [0.2, 0.25) is 0 Å². The Morgan fingerprint density at radius 1 is 0.348 bits per heavy atom. The van der Waals surface area contributed by atoms with E-state index >= 15 is 0 Å². The largest absolute Gasteiger partial charge is 0.311 e. The number of anilines is 6. The van der Waals surface area contributed by atoms with E-state index in [0.717, 1.165) is 131 Å². The molecule has 0 fully saturated rings. The second kappa shape index (κ2) is 23.9. The molecule has 0 N–H and O–H groups in total. The maximum atomic E-state index is 5.47. The molecule has 0 atom stereocenters. The summed E-state index contributed by atoms with van der Waals surface area (Å²) in [6.07, 6.45) is 2.65. The van der Waals surface area contributed by atoms with Gasteiger partial charge in [-0.1, -0.05) is 220 Å². The van der Waals surface area contributed by atoms with E-state index < -0.39 is 0 Å². The summed E-state index contributed by atoms with van der Waals surface area (Å²) in [7, 11) is 0. The predicted molar refractivity (Wildman–Crippen MR) is 366 cm³/mol. The van der Waals surface area contributed by atoms with Crippen molar-refractivity contribution in [2.24, 2.45) is 5.41 Å². The lowest BCUT2D eigenvalue weighted by Crippen LogP contribution is -2.45. The second-order valence-corrected chi connectivity index (χ2v) is 26.7. The van der Waals surface area contributed by atoms with Crippen LogP contribution in [0.15, 0.2) is 231 Å². The van der Waals surface area contributed by atoms with E-state index in [-0.39, 0.29) is 16.2 Å². The van der Waals surface area contributed by atoms with Gasteiger partial charge in [-0.2, -0.15) is 45.0 Å². The van der Waals surface area contributed by atoms with Crippen molar-refractivity contribution in [3.63, 3.8) is 0 Å². The molecule has 11 heteroatoms. The minimum absolute atomic E-state index is 0.0545. The maximum Gasteiger partial charge on any atom is 0.167 e. The van der Waals surface area contributed by atoms with E-state index in [2.05, 4.69) is 303 Å². The predicted octanol–water partition coefficient (Wildman–Crippen LogP) is 19.1. The number of para-hydroxylation sites is 4.